The molecule has 0 spiro atoms. The molecule has 4 rings (SSSR count). The van der Waals surface area contributed by atoms with E-state index in [1.807, 2.05) is 31.2 Å². The number of hydrogen-bond donors (Lipinski definition) is 3. The Hall–Kier alpha value is -3.42. The first-order valence-electron chi connectivity index (χ1n) is 7.86. The number of benzene rings is 1. The van der Waals surface area contributed by atoms with Crippen molar-refractivity contribution in [2.24, 2.45) is 0 Å². The van der Waals surface area contributed by atoms with Gasteiger partial charge in [-0.1, -0.05) is 12.1 Å². The van der Waals surface area contributed by atoms with Gasteiger partial charge in [-0.2, -0.15) is 0 Å². The Morgan fingerprint density at radius 1 is 1.32 bits per heavy atom. The van der Waals surface area contributed by atoms with Crippen molar-refractivity contribution >= 4 is 22.6 Å². The number of para-hydroxylation sites is 2. The number of nitrogens with one attached hydrogen (secondary N) is 3. The van der Waals surface area contributed by atoms with Crippen LogP contribution in [-0.4, -0.2) is 30.5 Å². The number of fused-ring (bicyclic) bond motifs is 2. The standard InChI is InChI=1S/C17H16N6O2/c1-9-7-14-18-8-11(17(25)23(14)22-9)16(24)19-10(2)15-20-12-5-3-4-6-13(12)21-15/h3-8,10,22H,1-2H3,(H,19,24)(H,20,21). The van der Waals surface area contributed by atoms with E-state index in [4.69, 9.17) is 0 Å². The maximum absolute atomic E-state index is 12.5. The lowest BCUT2D eigenvalue weighted by atomic mass is 10.2. The van der Waals surface area contributed by atoms with Crippen molar-refractivity contribution in [1.29, 1.82) is 0 Å². The Morgan fingerprint density at radius 2 is 2.12 bits per heavy atom. The summed E-state index contributed by atoms with van der Waals surface area (Å²) in [5, 5.41) is 5.65. The average molecular weight is 336 g/mol. The predicted octanol–water partition coefficient (Wildman–Crippen LogP) is 1.70. The molecule has 0 aliphatic carbocycles. The summed E-state index contributed by atoms with van der Waals surface area (Å²) < 4.78 is 1.26. The SMILES string of the molecule is Cc1cc2ncc(C(=O)NC(C)c3nc4ccccc4[nH]3)c(=O)n2[nH]1. The second-order valence-electron chi connectivity index (χ2n) is 5.94. The second kappa shape index (κ2) is 5.59. The van der Waals surface area contributed by atoms with Crippen LogP contribution in [0, 0.1) is 6.92 Å². The lowest BCUT2D eigenvalue weighted by Crippen LogP contribution is -2.33. The van der Waals surface area contributed by atoms with Crippen LogP contribution < -0.4 is 10.9 Å². The smallest absolute Gasteiger partial charge is 0.285 e. The number of carbonyl (C=O) groups excluding carboxylic acids is 1. The molecule has 0 saturated carbocycles. The molecule has 1 amide bonds. The van der Waals surface area contributed by atoms with Crippen molar-refractivity contribution in [3.8, 4) is 0 Å². The van der Waals surface area contributed by atoms with Crippen LogP contribution in [0.25, 0.3) is 16.7 Å². The zero-order valence-corrected chi connectivity index (χ0v) is 13.7. The quantitative estimate of drug-likeness (QED) is 0.529. The molecule has 3 heterocycles. The molecular weight excluding hydrogens is 320 g/mol. The zero-order valence-electron chi connectivity index (χ0n) is 13.7. The highest BCUT2D eigenvalue weighted by Crippen LogP contribution is 2.15. The third-order valence-corrected chi connectivity index (χ3v) is 4.03. The van der Waals surface area contributed by atoms with E-state index in [0.29, 0.717) is 11.5 Å². The third-order valence-electron chi connectivity index (χ3n) is 4.03. The molecule has 3 N–H and O–H groups in total. The Kier molecular flexibility index (Phi) is 3.38. The number of amides is 1. The number of aromatic amines is 2. The van der Waals surface area contributed by atoms with Crippen molar-refractivity contribution < 1.29 is 4.79 Å². The molecule has 0 fully saturated rings. The molecule has 8 heteroatoms. The molecule has 4 aromatic rings. The number of hydrogen-bond acceptors (Lipinski definition) is 4. The van der Waals surface area contributed by atoms with Gasteiger partial charge in [-0.3, -0.25) is 14.7 Å². The monoisotopic (exact) mass is 336 g/mol. The first-order valence-corrected chi connectivity index (χ1v) is 7.86. The van der Waals surface area contributed by atoms with Crippen LogP contribution in [0.3, 0.4) is 0 Å². The molecule has 1 unspecified atom stereocenters. The van der Waals surface area contributed by atoms with Gasteiger partial charge in [-0.25, -0.2) is 14.5 Å². The van der Waals surface area contributed by atoms with Gasteiger partial charge in [0.05, 0.1) is 17.1 Å². The molecule has 126 valence electrons. The predicted molar refractivity (Wildman–Crippen MR) is 92.5 cm³/mol. The molecule has 0 radical (unpaired) electrons. The fourth-order valence-electron chi connectivity index (χ4n) is 2.76. The average Bonchev–Trinajstić information content (AvgIpc) is 3.18. The van der Waals surface area contributed by atoms with Crippen molar-refractivity contribution in [2.75, 3.05) is 0 Å². The van der Waals surface area contributed by atoms with Crippen LogP contribution >= 0.6 is 0 Å². The lowest BCUT2D eigenvalue weighted by Gasteiger charge is -2.11. The van der Waals surface area contributed by atoms with Gasteiger partial charge in [-0.05, 0) is 26.0 Å². The van der Waals surface area contributed by atoms with Gasteiger partial charge in [0.25, 0.3) is 11.5 Å². The minimum absolute atomic E-state index is 0.0256. The summed E-state index contributed by atoms with van der Waals surface area (Å²) in [7, 11) is 0. The summed E-state index contributed by atoms with van der Waals surface area (Å²) in [6.07, 6.45) is 1.30. The molecule has 0 saturated heterocycles. The number of aromatic nitrogens is 5. The molecule has 8 nitrogen and oxygen atoms in total. The van der Waals surface area contributed by atoms with Gasteiger partial charge in [0, 0.05) is 18.0 Å². The fraction of sp³-hybridized carbons (Fsp3) is 0.176. The highest BCUT2D eigenvalue weighted by Gasteiger charge is 2.18. The number of rotatable bonds is 3. The molecule has 1 aromatic carbocycles. The number of carbonyl (C=O) groups is 1. The van der Waals surface area contributed by atoms with Gasteiger partial charge >= 0.3 is 0 Å². The summed E-state index contributed by atoms with van der Waals surface area (Å²) in [5.41, 5.74) is 2.52. The van der Waals surface area contributed by atoms with E-state index in [0.717, 1.165) is 16.7 Å². The number of imidazole rings is 1. The fourth-order valence-corrected chi connectivity index (χ4v) is 2.76. The van der Waals surface area contributed by atoms with E-state index in [1.54, 1.807) is 13.0 Å². The summed E-state index contributed by atoms with van der Waals surface area (Å²) in [6.45, 7) is 3.62. The van der Waals surface area contributed by atoms with Crippen LogP contribution in [0.4, 0.5) is 0 Å². The maximum atomic E-state index is 12.5. The molecule has 1 atom stereocenters. The molecule has 0 bridgehead atoms. The maximum Gasteiger partial charge on any atom is 0.285 e. The van der Waals surface area contributed by atoms with E-state index in [-0.39, 0.29) is 11.6 Å². The number of aryl methyl sites for hydroxylation is 1. The Labute approximate surface area is 141 Å². The first kappa shape index (κ1) is 15.1. The van der Waals surface area contributed by atoms with Crippen molar-refractivity contribution in [1.82, 2.24) is 29.9 Å². The van der Waals surface area contributed by atoms with Crippen LogP contribution in [0.1, 0.15) is 34.8 Å². The topological polar surface area (TPSA) is 108 Å². The largest absolute Gasteiger partial charge is 0.342 e. The number of nitrogens with zero attached hydrogens (tertiary/aromatic N) is 3. The van der Waals surface area contributed by atoms with Gasteiger partial charge in [0.1, 0.15) is 11.4 Å². The highest BCUT2D eigenvalue weighted by molar-refractivity contribution is 5.94. The minimum Gasteiger partial charge on any atom is -0.342 e. The molecule has 0 aliphatic heterocycles. The van der Waals surface area contributed by atoms with E-state index in [9.17, 15) is 9.59 Å². The Morgan fingerprint density at radius 3 is 2.92 bits per heavy atom. The van der Waals surface area contributed by atoms with Gasteiger partial charge in [0.15, 0.2) is 5.65 Å². The molecule has 3 aromatic heterocycles. The Balaban J connectivity index is 1.63. The summed E-state index contributed by atoms with van der Waals surface area (Å²) in [4.78, 5) is 36.7. The highest BCUT2D eigenvalue weighted by atomic mass is 16.2. The summed E-state index contributed by atoms with van der Waals surface area (Å²) >= 11 is 0. The van der Waals surface area contributed by atoms with Crippen LogP contribution in [0.5, 0.6) is 0 Å². The first-order chi connectivity index (χ1) is 12.0. The van der Waals surface area contributed by atoms with Crippen molar-refractivity contribution in [3.63, 3.8) is 0 Å². The normalized spacial score (nSPS) is 12.6. The van der Waals surface area contributed by atoms with E-state index in [2.05, 4.69) is 25.4 Å². The summed E-state index contributed by atoms with van der Waals surface area (Å²) in [6, 6.07) is 8.97. The van der Waals surface area contributed by atoms with E-state index < -0.39 is 11.5 Å². The zero-order chi connectivity index (χ0) is 17.6. The molecule has 25 heavy (non-hydrogen) atoms. The van der Waals surface area contributed by atoms with Crippen LogP contribution in [0.15, 0.2) is 41.3 Å². The number of H-pyrrole nitrogens is 2. The van der Waals surface area contributed by atoms with Gasteiger partial charge < -0.3 is 10.3 Å². The van der Waals surface area contributed by atoms with Crippen molar-refractivity contribution in [3.05, 3.63) is 64.0 Å². The van der Waals surface area contributed by atoms with Crippen LogP contribution in [-0.2, 0) is 0 Å². The minimum atomic E-state index is -0.493. The Bertz CT molecular complexity index is 1120. The second-order valence-corrected chi connectivity index (χ2v) is 5.94. The van der Waals surface area contributed by atoms with Crippen molar-refractivity contribution in [2.45, 2.75) is 19.9 Å². The van der Waals surface area contributed by atoms with E-state index in [1.165, 1.54) is 10.7 Å². The van der Waals surface area contributed by atoms with Gasteiger partial charge in [-0.15, -0.1) is 0 Å². The lowest BCUT2D eigenvalue weighted by molar-refractivity contribution is 0.0936. The summed E-state index contributed by atoms with van der Waals surface area (Å²) in [5.74, 6) is 0.131. The third kappa shape index (κ3) is 2.57. The molecular formula is C17H16N6O2. The molecule has 0 aliphatic rings. The van der Waals surface area contributed by atoms with Crippen LogP contribution in [0.2, 0.25) is 0 Å². The van der Waals surface area contributed by atoms with Gasteiger partial charge in [0.2, 0.25) is 0 Å². The van der Waals surface area contributed by atoms with E-state index >= 15 is 0 Å².